The highest BCUT2D eigenvalue weighted by Crippen LogP contribution is 2.30. The van der Waals surface area contributed by atoms with Gasteiger partial charge in [-0.25, -0.2) is 0 Å². The maximum atomic E-state index is 5.76. The maximum absolute atomic E-state index is 5.76. The van der Waals surface area contributed by atoms with E-state index in [2.05, 4.69) is 47.9 Å². The zero-order valence-electron chi connectivity index (χ0n) is 11.6. The molecular formula is C17H18N2S. The highest BCUT2D eigenvalue weighted by molar-refractivity contribution is 7.80. The Morgan fingerprint density at radius 1 is 1.10 bits per heavy atom. The lowest BCUT2D eigenvalue weighted by Crippen LogP contribution is -2.08. The van der Waals surface area contributed by atoms with Crippen molar-refractivity contribution in [1.82, 2.24) is 4.57 Å². The fraction of sp³-hybridized carbons (Fsp3) is 0.235. The van der Waals surface area contributed by atoms with Gasteiger partial charge in [0.2, 0.25) is 0 Å². The van der Waals surface area contributed by atoms with Crippen LogP contribution in [0.15, 0.2) is 42.5 Å². The molecule has 0 atom stereocenters. The van der Waals surface area contributed by atoms with Crippen LogP contribution in [0, 0.1) is 0 Å². The SMILES string of the molecule is CCCCn1c2ccccc2c2cc(C(N)=S)ccc21. The summed E-state index contributed by atoms with van der Waals surface area (Å²) in [5.74, 6) is 0. The number of fused-ring (bicyclic) bond motifs is 3. The fourth-order valence-electron chi connectivity index (χ4n) is 2.76. The number of thiocarbonyl (C=S) groups is 1. The monoisotopic (exact) mass is 282 g/mol. The average Bonchev–Trinajstić information content (AvgIpc) is 2.78. The van der Waals surface area contributed by atoms with E-state index in [0.29, 0.717) is 4.99 Å². The summed E-state index contributed by atoms with van der Waals surface area (Å²) in [6.45, 7) is 3.27. The van der Waals surface area contributed by atoms with Crippen LogP contribution in [0.25, 0.3) is 21.8 Å². The summed E-state index contributed by atoms with van der Waals surface area (Å²) >= 11 is 5.10. The zero-order chi connectivity index (χ0) is 14.1. The number of unbranched alkanes of at least 4 members (excludes halogenated alkanes) is 1. The molecule has 0 unspecified atom stereocenters. The Morgan fingerprint density at radius 3 is 2.60 bits per heavy atom. The molecule has 0 aliphatic carbocycles. The fourth-order valence-corrected chi connectivity index (χ4v) is 2.89. The topological polar surface area (TPSA) is 30.9 Å². The molecule has 3 heteroatoms. The van der Waals surface area contributed by atoms with Crippen LogP contribution in [-0.4, -0.2) is 9.56 Å². The molecule has 0 spiro atoms. The lowest BCUT2D eigenvalue weighted by molar-refractivity contribution is 0.665. The molecule has 0 saturated carbocycles. The minimum Gasteiger partial charge on any atom is -0.389 e. The molecule has 1 heterocycles. The lowest BCUT2D eigenvalue weighted by atomic mass is 10.1. The molecule has 0 fully saturated rings. The molecule has 2 aromatic carbocycles. The van der Waals surface area contributed by atoms with Gasteiger partial charge in [-0.2, -0.15) is 0 Å². The van der Waals surface area contributed by atoms with Gasteiger partial charge in [-0.15, -0.1) is 0 Å². The van der Waals surface area contributed by atoms with Gasteiger partial charge < -0.3 is 10.3 Å². The van der Waals surface area contributed by atoms with Crippen molar-refractivity contribution in [1.29, 1.82) is 0 Å². The lowest BCUT2D eigenvalue weighted by Gasteiger charge is -2.06. The minimum absolute atomic E-state index is 0.456. The Balaban J connectivity index is 2.32. The highest BCUT2D eigenvalue weighted by atomic mass is 32.1. The summed E-state index contributed by atoms with van der Waals surface area (Å²) in [7, 11) is 0. The van der Waals surface area contributed by atoms with E-state index < -0.39 is 0 Å². The van der Waals surface area contributed by atoms with Crippen molar-refractivity contribution < 1.29 is 0 Å². The van der Waals surface area contributed by atoms with Crippen molar-refractivity contribution in [3.8, 4) is 0 Å². The van der Waals surface area contributed by atoms with Crippen molar-refractivity contribution in [2.24, 2.45) is 5.73 Å². The van der Waals surface area contributed by atoms with Gasteiger partial charge in [-0.3, -0.25) is 0 Å². The largest absolute Gasteiger partial charge is 0.389 e. The molecule has 0 aliphatic heterocycles. The molecule has 0 radical (unpaired) electrons. The molecule has 3 aromatic rings. The quantitative estimate of drug-likeness (QED) is 0.726. The van der Waals surface area contributed by atoms with Crippen LogP contribution in [0.3, 0.4) is 0 Å². The number of hydrogen-bond acceptors (Lipinski definition) is 1. The molecule has 0 bridgehead atoms. The molecule has 2 N–H and O–H groups in total. The van der Waals surface area contributed by atoms with Crippen LogP contribution < -0.4 is 5.73 Å². The van der Waals surface area contributed by atoms with Crippen LogP contribution in [-0.2, 0) is 6.54 Å². The zero-order valence-corrected chi connectivity index (χ0v) is 12.4. The summed E-state index contributed by atoms with van der Waals surface area (Å²) in [6, 6.07) is 14.8. The van der Waals surface area contributed by atoms with Gasteiger partial charge in [0.1, 0.15) is 4.99 Å². The summed E-state index contributed by atoms with van der Waals surface area (Å²) in [5.41, 5.74) is 9.25. The standard InChI is InChI=1S/C17H18N2S/c1-2-3-10-19-15-7-5-4-6-13(15)14-11-12(17(18)20)8-9-16(14)19/h4-9,11H,2-3,10H2,1H3,(H2,18,20). The van der Waals surface area contributed by atoms with E-state index in [1.807, 2.05) is 6.07 Å². The van der Waals surface area contributed by atoms with E-state index in [-0.39, 0.29) is 0 Å². The molecule has 0 saturated heterocycles. The number of nitrogens with zero attached hydrogens (tertiary/aromatic N) is 1. The van der Waals surface area contributed by atoms with Gasteiger partial charge in [-0.1, -0.05) is 43.8 Å². The predicted molar refractivity (Wildman–Crippen MR) is 90.2 cm³/mol. The second kappa shape index (κ2) is 5.25. The summed E-state index contributed by atoms with van der Waals surface area (Å²) in [4.78, 5) is 0.456. The Kier molecular flexibility index (Phi) is 3.45. The molecule has 0 aliphatic rings. The average molecular weight is 282 g/mol. The maximum Gasteiger partial charge on any atom is 0.104 e. The molecule has 1 aromatic heterocycles. The first-order valence-corrected chi connectivity index (χ1v) is 7.44. The van der Waals surface area contributed by atoms with Gasteiger partial charge in [-0.05, 0) is 30.7 Å². The number of rotatable bonds is 4. The third-order valence-corrected chi connectivity index (χ3v) is 4.03. The Morgan fingerprint density at radius 2 is 1.85 bits per heavy atom. The van der Waals surface area contributed by atoms with Crippen molar-refractivity contribution in [2.75, 3.05) is 0 Å². The Labute approximate surface area is 124 Å². The van der Waals surface area contributed by atoms with Gasteiger partial charge in [0, 0.05) is 33.9 Å². The third kappa shape index (κ3) is 2.08. The van der Waals surface area contributed by atoms with E-state index >= 15 is 0 Å². The number of hydrogen-bond donors (Lipinski definition) is 1. The number of nitrogens with two attached hydrogens (primary N) is 1. The second-order valence-electron chi connectivity index (χ2n) is 5.12. The van der Waals surface area contributed by atoms with Crippen molar-refractivity contribution in [2.45, 2.75) is 26.3 Å². The highest BCUT2D eigenvalue weighted by Gasteiger charge is 2.10. The first-order valence-electron chi connectivity index (χ1n) is 7.03. The summed E-state index contributed by atoms with van der Waals surface area (Å²) in [5, 5.41) is 2.51. The van der Waals surface area contributed by atoms with E-state index in [1.165, 1.54) is 34.6 Å². The predicted octanol–water partition coefficient (Wildman–Crippen LogP) is 4.23. The van der Waals surface area contributed by atoms with Crippen LogP contribution in [0.4, 0.5) is 0 Å². The summed E-state index contributed by atoms with van der Waals surface area (Å²) < 4.78 is 2.40. The van der Waals surface area contributed by atoms with Gasteiger partial charge >= 0.3 is 0 Å². The number of para-hydroxylation sites is 1. The van der Waals surface area contributed by atoms with Gasteiger partial charge in [0.25, 0.3) is 0 Å². The van der Waals surface area contributed by atoms with Gasteiger partial charge in [0.05, 0.1) is 0 Å². The van der Waals surface area contributed by atoms with Crippen LogP contribution in [0.5, 0.6) is 0 Å². The molecule has 2 nitrogen and oxygen atoms in total. The first-order chi connectivity index (χ1) is 9.72. The minimum atomic E-state index is 0.456. The van der Waals surface area contributed by atoms with Crippen molar-refractivity contribution >= 4 is 39.0 Å². The summed E-state index contributed by atoms with van der Waals surface area (Å²) in [6.07, 6.45) is 2.38. The number of aromatic nitrogens is 1. The Bertz CT molecular complexity index is 786. The van der Waals surface area contributed by atoms with Crippen LogP contribution in [0.1, 0.15) is 25.3 Å². The van der Waals surface area contributed by atoms with E-state index in [4.69, 9.17) is 18.0 Å². The van der Waals surface area contributed by atoms with Gasteiger partial charge in [0.15, 0.2) is 0 Å². The van der Waals surface area contributed by atoms with E-state index in [0.717, 1.165) is 12.1 Å². The van der Waals surface area contributed by atoms with Crippen LogP contribution >= 0.6 is 12.2 Å². The van der Waals surface area contributed by atoms with Crippen LogP contribution in [0.2, 0.25) is 0 Å². The normalized spacial score (nSPS) is 11.2. The number of aryl methyl sites for hydroxylation is 1. The molecule has 20 heavy (non-hydrogen) atoms. The molecular weight excluding hydrogens is 264 g/mol. The first kappa shape index (κ1) is 13.1. The second-order valence-corrected chi connectivity index (χ2v) is 5.56. The third-order valence-electron chi connectivity index (χ3n) is 3.79. The van der Waals surface area contributed by atoms with E-state index in [9.17, 15) is 0 Å². The van der Waals surface area contributed by atoms with Crippen molar-refractivity contribution in [3.05, 3.63) is 48.0 Å². The van der Waals surface area contributed by atoms with Crippen molar-refractivity contribution in [3.63, 3.8) is 0 Å². The Hall–Kier alpha value is -1.87. The molecule has 0 amide bonds. The molecule has 3 rings (SSSR count). The van der Waals surface area contributed by atoms with E-state index in [1.54, 1.807) is 0 Å². The number of benzene rings is 2. The molecule has 102 valence electrons. The smallest absolute Gasteiger partial charge is 0.104 e.